The van der Waals surface area contributed by atoms with Gasteiger partial charge in [-0.1, -0.05) is 107 Å². The highest BCUT2D eigenvalue weighted by Crippen LogP contribution is 2.40. The molecular weight excluding hydrogens is 300 g/mol. The molecule has 0 spiro atoms. The molecule has 0 bridgehead atoms. The van der Waals surface area contributed by atoms with Crippen LogP contribution in [0.1, 0.15) is 51.7 Å². The number of benzene rings is 3. The third kappa shape index (κ3) is 3.69. The summed E-state index contributed by atoms with van der Waals surface area (Å²) >= 11 is 0. The molecule has 0 aliphatic heterocycles. The number of hydrogen-bond donors (Lipinski definition) is 0. The lowest BCUT2D eigenvalue weighted by Crippen LogP contribution is -2.12. The van der Waals surface area contributed by atoms with E-state index in [-0.39, 0.29) is 5.41 Å². The van der Waals surface area contributed by atoms with Gasteiger partial charge in [0.05, 0.1) is 0 Å². The lowest BCUT2D eigenvalue weighted by Gasteiger charge is -2.26. The minimum atomic E-state index is 0.114. The van der Waals surface area contributed by atoms with Crippen LogP contribution in [0, 0.1) is 0 Å². The molecule has 3 rings (SSSR count). The van der Waals surface area contributed by atoms with Gasteiger partial charge in [0.1, 0.15) is 0 Å². The summed E-state index contributed by atoms with van der Waals surface area (Å²) in [7, 11) is 0. The molecule has 0 amide bonds. The maximum atomic E-state index is 2.40. The molecule has 0 aliphatic carbocycles. The zero-order chi connectivity index (χ0) is 18.0. The van der Waals surface area contributed by atoms with Gasteiger partial charge < -0.3 is 0 Å². The second kappa shape index (κ2) is 6.88. The van der Waals surface area contributed by atoms with Crippen LogP contribution in [0.2, 0.25) is 0 Å². The predicted octanol–water partition coefficient (Wildman–Crippen LogP) is 7.44. The second-order valence-corrected chi connectivity index (χ2v) is 8.12. The molecule has 0 saturated heterocycles. The van der Waals surface area contributed by atoms with E-state index in [0.29, 0.717) is 5.92 Å². The molecule has 0 atom stereocenters. The summed E-state index contributed by atoms with van der Waals surface area (Å²) < 4.78 is 0. The first-order chi connectivity index (χ1) is 11.9. The van der Waals surface area contributed by atoms with Crippen molar-refractivity contribution in [1.29, 1.82) is 0 Å². The fourth-order valence-electron chi connectivity index (χ4n) is 3.42. The van der Waals surface area contributed by atoms with Crippen molar-refractivity contribution in [3.63, 3.8) is 0 Å². The van der Waals surface area contributed by atoms with Gasteiger partial charge in [-0.3, -0.25) is 0 Å². The van der Waals surface area contributed by atoms with Crippen LogP contribution in [0.4, 0.5) is 0 Å². The molecule has 0 unspecified atom stereocenters. The van der Waals surface area contributed by atoms with E-state index in [0.717, 1.165) is 0 Å². The van der Waals surface area contributed by atoms with Crippen LogP contribution in [0.5, 0.6) is 0 Å². The van der Waals surface area contributed by atoms with Crippen molar-refractivity contribution in [3.8, 4) is 22.3 Å². The van der Waals surface area contributed by atoms with Crippen LogP contribution in [0.25, 0.3) is 22.3 Å². The first-order valence-corrected chi connectivity index (χ1v) is 9.17. The molecule has 0 saturated carbocycles. The highest BCUT2D eigenvalue weighted by molar-refractivity contribution is 5.80. The Bertz CT molecular complexity index is 774. The normalized spacial score (nSPS) is 11.8. The SMILES string of the molecule is CC(C)c1c(-c2ccccc2)cc(C(C)(C)C)cc1-c1ccccc1. The Morgan fingerprint density at radius 1 is 0.640 bits per heavy atom. The van der Waals surface area contributed by atoms with E-state index in [9.17, 15) is 0 Å². The topological polar surface area (TPSA) is 0 Å². The van der Waals surface area contributed by atoms with Gasteiger partial charge in [0.15, 0.2) is 0 Å². The standard InChI is InChI=1S/C25H28/c1-18(2)24-22(19-12-8-6-9-13-19)16-21(25(3,4)5)17-23(24)20-14-10-7-11-15-20/h6-18H,1-5H3. The van der Waals surface area contributed by atoms with E-state index < -0.39 is 0 Å². The summed E-state index contributed by atoms with van der Waals surface area (Å²) in [6, 6.07) is 26.4. The third-order valence-electron chi connectivity index (χ3n) is 4.79. The van der Waals surface area contributed by atoms with Crippen LogP contribution in [0.15, 0.2) is 72.8 Å². The molecule has 0 aliphatic rings. The zero-order valence-corrected chi connectivity index (χ0v) is 16.0. The third-order valence-corrected chi connectivity index (χ3v) is 4.79. The minimum Gasteiger partial charge on any atom is -0.0622 e. The Morgan fingerprint density at radius 3 is 1.36 bits per heavy atom. The van der Waals surface area contributed by atoms with Crippen molar-refractivity contribution < 1.29 is 0 Å². The molecule has 0 aromatic heterocycles. The van der Waals surface area contributed by atoms with Gasteiger partial charge in [-0.05, 0) is 44.7 Å². The van der Waals surface area contributed by atoms with E-state index in [1.165, 1.54) is 33.4 Å². The van der Waals surface area contributed by atoms with Crippen LogP contribution in [-0.2, 0) is 5.41 Å². The second-order valence-electron chi connectivity index (χ2n) is 8.12. The molecule has 3 aromatic rings. The quantitative estimate of drug-likeness (QED) is 0.468. The molecule has 3 aromatic carbocycles. The maximum absolute atomic E-state index is 2.40. The number of rotatable bonds is 3. The van der Waals surface area contributed by atoms with Crippen molar-refractivity contribution in [1.82, 2.24) is 0 Å². The summed E-state index contributed by atoms with van der Waals surface area (Å²) in [5.41, 5.74) is 8.26. The van der Waals surface area contributed by atoms with Crippen LogP contribution < -0.4 is 0 Å². The van der Waals surface area contributed by atoms with Gasteiger partial charge in [0.2, 0.25) is 0 Å². The zero-order valence-electron chi connectivity index (χ0n) is 16.0. The monoisotopic (exact) mass is 328 g/mol. The van der Waals surface area contributed by atoms with Gasteiger partial charge in [0, 0.05) is 0 Å². The molecule has 0 nitrogen and oxygen atoms in total. The summed E-state index contributed by atoms with van der Waals surface area (Å²) in [6.07, 6.45) is 0. The van der Waals surface area contributed by atoms with Crippen molar-refractivity contribution in [2.24, 2.45) is 0 Å². The summed E-state index contributed by atoms with van der Waals surface area (Å²) in [6.45, 7) is 11.5. The fraction of sp³-hybridized carbons (Fsp3) is 0.280. The summed E-state index contributed by atoms with van der Waals surface area (Å²) in [5.74, 6) is 0.458. The molecular formula is C25H28. The largest absolute Gasteiger partial charge is 0.0622 e. The lowest BCUT2D eigenvalue weighted by molar-refractivity contribution is 0.590. The van der Waals surface area contributed by atoms with Crippen molar-refractivity contribution in [2.45, 2.75) is 46.0 Å². The van der Waals surface area contributed by atoms with Crippen molar-refractivity contribution in [2.75, 3.05) is 0 Å². The summed E-state index contributed by atoms with van der Waals surface area (Å²) in [4.78, 5) is 0. The smallest absolute Gasteiger partial charge is 0.0131 e. The highest BCUT2D eigenvalue weighted by atomic mass is 14.3. The summed E-state index contributed by atoms with van der Waals surface area (Å²) in [5, 5.41) is 0. The molecule has 0 radical (unpaired) electrons. The van der Waals surface area contributed by atoms with Crippen LogP contribution in [-0.4, -0.2) is 0 Å². The van der Waals surface area contributed by atoms with Gasteiger partial charge in [-0.25, -0.2) is 0 Å². The molecule has 0 heteroatoms. The fourth-order valence-corrected chi connectivity index (χ4v) is 3.42. The van der Waals surface area contributed by atoms with Gasteiger partial charge in [-0.15, -0.1) is 0 Å². The molecule has 0 N–H and O–H groups in total. The highest BCUT2D eigenvalue weighted by Gasteiger charge is 2.21. The van der Waals surface area contributed by atoms with Gasteiger partial charge in [0.25, 0.3) is 0 Å². The molecule has 0 fully saturated rings. The lowest BCUT2D eigenvalue weighted by atomic mass is 9.78. The molecule has 128 valence electrons. The van der Waals surface area contributed by atoms with E-state index in [1.807, 2.05) is 0 Å². The Balaban J connectivity index is 2.37. The first kappa shape index (κ1) is 17.5. The first-order valence-electron chi connectivity index (χ1n) is 9.17. The Morgan fingerprint density at radius 2 is 1.04 bits per heavy atom. The van der Waals surface area contributed by atoms with Crippen LogP contribution in [0.3, 0.4) is 0 Å². The van der Waals surface area contributed by atoms with Crippen LogP contribution >= 0.6 is 0 Å². The average Bonchev–Trinajstić information content (AvgIpc) is 2.61. The van der Waals surface area contributed by atoms with Gasteiger partial charge >= 0.3 is 0 Å². The number of hydrogen-bond acceptors (Lipinski definition) is 0. The molecule has 25 heavy (non-hydrogen) atoms. The maximum Gasteiger partial charge on any atom is -0.0131 e. The van der Waals surface area contributed by atoms with E-state index in [1.54, 1.807) is 0 Å². The minimum absolute atomic E-state index is 0.114. The Hall–Kier alpha value is -2.34. The predicted molar refractivity (Wildman–Crippen MR) is 110 cm³/mol. The molecule has 0 heterocycles. The Labute approximate surface area is 152 Å². The van der Waals surface area contributed by atoms with Gasteiger partial charge in [-0.2, -0.15) is 0 Å². The van der Waals surface area contributed by atoms with E-state index in [4.69, 9.17) is 0 Å². The van der Waals surface area contributed by atoms with Crippen molar-refractivity contribution in [3.05, 3.63) is 83.9 Å². The van der Waals surface area contributed by atoms with Crippen molar-refractivity contribution >= 4 is 0 Å². The average molecular weight is 328 g/mol. The van der Waals surface area contributed by atoms with E-state index >= 15 is 0 Å². The Kier molecular flexibility index (Phi) is 4.81. The van der Waals surface area contributed by atoms with E-state index in [2.05, 4.69) is 107 Å².